The van der Waals surface area contributed by atoms with E-state index in [-0.39, 0.29) is 18.4 Å². The zero-order chi connectivity index (χ0) is 13.7. The number of phosphoric acid groups is 1. The van der Waals surface area contributed by atoms with Gasteiger partial charge in [-0.3, -0.25) is 9.32 Å². The van der Waals surface area contributed by atoms with Gasteiger partial charge in [0.1, 0.15) is 0 Å². The SMILES string of the molecule is O=C(NOP(=O)(O)OCCc1ccccc1)C1CC1. The van der Waals surface area contributed by atoms with Crippen molar-refractivity contribution >= 4 is 13.7 Å². The van der Waals surface area contributed by atoms with Gasteiger partial charge in [0.15, 0.2) is 0 Å². The molecule has 1 amide bonds. The van der Waals surface area contributed by atoms with Crippen molar-refractivity contribution in [3.05, 3.63) is 35.9 Å². The molecule has 1 aliphatic rings. The standard InChI is InChI=1S/C12H16NO5P/c14-12(11-6-7-11)13-18-19(15,16)17-9-8-10-4-2-1-3-5-10/h1-5,11H,6-9H2,(H,13,14)(H,15,16). The number of benzene rings is 1. The van der Waals surface area contributed by atoms with E-state index in [1.54, 1.807) is 0 Å². The molecule has 2 rings (SSSR count). The number of hydrogen-bond acceptors (Lipinski definition) is 4. The van der Waals surface area contributed by atoms with E-state index in [2.05, 4.69) is 4.62 Å². The minimum absolute atomic E-state index is 0.0388. The lowest BCUT2D eigenvalue weighted by molar-refractivity contribution is -0.130. The molecule has 0 spiro atoms. The molecule has 2 N–H and O–H groups in total. The fourth-order valence-electron chi connectivity index (χ4n) is 1.48. The van der Waals surface area contributed by atoms with E-state index in [0.29, 0.717) is 6.42 Å². The third-order valence-electron chi connectivity index (χ3n) is 2.70. The summed E-state index contributed by atoms with van der Waals surface area (Å²) in [4.78, 5) is 20.6. The Labute approximate surface area is 111 Å². The van der Waals surface area contributed by atoms with Crippen molar-refractivity contribution < 1.29 is 23.4 Å². The Kier molecular flexibility index (Phi) is 4.71. The highest BCUT2D eigenvalue weighted by Crippen LogP contribution is 2.42. The lowest BCUT2D eigenvalue weighted by Crippen LogP contribution is -2.24. The Bertz CT molecular complexity index is 474. The van der Waals surface area contributed by atoms with Crippen LogP contribution in [0.15, 0.2) is 30.3 Å². The molecule has 7 heteroatoms. The molecular formula is C12H16NO5P. The van der Waals surface area contributed by atoms with Gasteiger partial charge in [-0.2, -0.15) is 4.62 Å². The third kappa shape index (κ3) is 5.12. The van der Waals surface area contributed by atoms with Gasteiger partial charge in [-0.1, -0.05) is 30.3 Å². The molecular weight excluding hydrogens is 269 g/mol. The van der Waals surface area contributed by atoms with Crippen molar-refractivity contribution in [2.24, 2.45) is 5.92 Å². The van der Waals surface area contributed by atoms with Gasteiger partial charge in [-0.15, -0.1) is 0 Å². The highest BCUT2D eigenvalue weighted by Gasteiger charge is 2.32. The summed E-state index contributed by atoms with van der Waals surface area (Å²) < 4.78 is 20.6. The van der Waals surface area contributed by atoms with Gasteiger partial charge in [-0.25, -0.2) is 10.0 Å². The lowest BCUT2D eigenvalue weighted by atomic mass is 10.2. The zero-order valence-electron chi connectivity index (χ0n) is 10.3. The normalized spacial score (nSPS) is 17.7. The number of hydroxylamine groups is 1. The summed E-state index contributed by atoms with van der Waals surface area (Å²) in [5.74, 6) is -0.467. The monoisotopic (exact) mass is 285 g/mol. The van der Waals surface area contributed by atoms with Crippen molar-refractivity contribution in [3.63, 3.8) is 0 Å². The Morgan fingerprint density at radius 3 is 2.68 bits per heavy atom. The van der Waals surface area contributed by atoms with Gasteiger partial charge in [-0.05, 0) is 24.8 Å². The Morgan fingerprint density at radius 1 is 1.37 bits per heavy atom. The molecule has 1 fully saturated rings. The van der Waals surface area contributed by atoms with Crippen molar-refractivity contribution in [1.29, 1.82) is 0 Å². The first-order valence-corrected chi connectivity index (χ1v) is 7.56. The summed E-state index contributed by atoms with van der Waals surface area (Å²) in [5.41, 5.74) is 2.95. The second-order valence-electron chi connectivity index (χ2n) is 4.37. The number of nitrogens with one attached hydrogen (secondary N) is 1. The number of phosphoric ester groups is 1. The van der Waals surface area contributed by atoms with Crippen LogP contribution in [0.2, 0.25) is 0 Å². The van der Waals surface area contributed by atoms with Gasteiger partial charge in [0.05, 0.1) is 6.61 Å². The van der Waals surface area contributed by atoms with Gasteiger partial charge in [0, 0.05) is 5.92 Å². The maximum absolute atomic E-state index is 11.4. The summed E-state index contributed by atoms with van der Waals surface area (Å²) in [6.45, 7) is 0.0388. The average molecular weight is 285 g/mol. The van der Waals surface area contributed by atoms with E-state index in [1.807, 2.05) is 35.8 Å². The molecule has 1 saturated carbocycles. The molecule has 0 aliphatic heterocycles. The first kappa shape index (κ1) is 14.2. The maximum Gasteiger partial charge on any atom is 0.493 e. The van der Waals surface area contributed by atoms with Crippen LogP contribution in [0.4, 0.5) is 0 Å². The molecule has 6 nitrogen and oxygen atoms in total. The van der Waals surface area contributed by atoms with Crippen LogP contribution >= 0.6 is 7.82 Å². The molecule has 1 aromatic carbocycles. The zero-order valence-corrected chi connectivity index (χ0v) is 11.2. The largest absolute Gasteiger partial charge is 0.493 e. The molecule has 0 aromatic heterocycles. The van der Waals surface area contributed by atoms with Gasteiger partial charge >= 0.3 is 7.82 Å². The molecule has 0 radical (unpaired) electrons. The molecule has 104 valence electrons. The first-order valence-electron chi connectivity index (χ1n) is 6.06. The van der Waals surface area contributed by atoms with Crippen LogP contribution in [0.5, 0.6) is 0 Å². The van der Waals surface area contributed by atoms with Crippen molar-refractivity contribution in [3.8, 4) is 0 Å². The molecule has 0 saturated heterocycles. The fraction of sp³-hybridized carbons (Fsp3) is 0.417. The predicted molar refractivity (Wildman–Crippen MR) is 67.9 cm³/mol. The minimum Gasteiger partial charge on any atom is -0.301 e. The van der Waals surface area contributed by atoms with E-state index in [0.717, 1.165) is 18.4 Å². The molecule has 0 bridgehead atoms. The van der Waals surface area contributed by atoms with E-state index in [4.69, 9.17) is 4.52 Å². The fourth-order valence-corrected chi connectivity index (χ4v) is 2.06. The van der Waals surface area contributed by atoms with Crippen molar-refractivity contribution in [1.82, 2.24) is 5.48 Å². The summed E-state index contributed by atoms with van der Waals surface area (Å²) >= 11 is 0. The van der Waals surface area contributed by atoms with Gasteiger partial charge in [0.25, 0.3) is 0 Å². The molecule has 1 unspecified atom stereocenters. The molecule has 19 heavy (non-hydrogen) atoms. The summed E-state index contributed by atoms with van der Waals surface area (Å²) in [6.07, 6.45) is 2.07. The lowest BCUT2D eigenvalue weighted by Gasteiger charge is -2.11. The van der Waals surface area contributed by atoms with E-state index in [1.165, 1.54) is 0 Å². The molecule has 1 aliphatic carbocycles. The van der Waals surface area contributed by atoms with Crippen LogP contribution in [0.3, 0.4) is 0 Å². The third-order valence-corrected chi connectivity index (χ3v) is 3.53. The van der Waals surface area contributed by atoms with Crippen LogP contribution in [0, 0.1) is 5.92 Å². The Hall–Kier alpha value is -1.20. The highest BCUT2D eigenvalue weighted by atomic mass is 31.2. The van der Waals surface area contributed by atoms with E-state index >= 15 is 0 Å². The molecule has 0 heterocycles. The van der Waals surface area contributed by atoms with Gasteiger partial charge in [0.2, 0.25) is 5.91 Å². The second kappa shape index (κ2) is 6.30. The first-order chi connectivity index (χ1) is 9.07. The number of hydrogen-bond donors (Lipinski definition) is 2. The second-order valence-corrected chi connectivity index (χ2v) is 5.75. The minimum atomic E-state index is -4.23. The summed E-state index contributed by atoms with van der Waals surface area (Å²) in [7, 11) is -4.23. The van der Waals surface area contributed by atoms with E-state index < -0.39 is 7.82 Å². The summed E-state index contributed by atoms with van der Waals surface area (Å²) in [5, 5.41) is 0. The number of amides is 1. The van der Waals surface area contributed by atoms with Crippen LogP contribution in [0.1, 0.15) is 18.4 Å². The topological polar surface area (TPSA) is 84.9 Å². The molecule has 1 atom stereocenters. The number of rotatable bonds is 7. The van der Waals surface area contributed by atoms with Crippen LogP contribution in [-0.2, 0) is 24.9 Å². The van der Waals surface area contributed by atoms with Crippen molar-refractivity contribution in [2.75, 3.05) is 6.61 Å². The smallest absolute Gasteiger partial charge is 0.301 e. The number of carbonyl (C=O) groups excluding carboxylic acids is 1. The Balaban J connectivity index is 1.68. The molecule has 1 aromatic rings. The van der Waals surface area contributed by atoms with Crippen LogP contribution in [0.25, 0.3) is 0 Å². The highest BCUT2D eigenvalue weighted by molar-refractivity contribution is 7.47. The maximum atomic E-state index is 11.4. The van der Waals surface area contributed by atoms with Gasteiger partial charge < -0.3 is 4.89 Å². The quantitative estimate of drug-likeness (QED) is 0.589. The van der Waals surface area contributed by atoms with E-state index in [9.17, 15) is 14.3 Å². The number of carbonyl (C=O) groups is 1. The predicted octanol–water partition coefficient (Wildman–Crippen LogP) is 1.80. The Morgan fingerprint density at radius 2 is 2.05 bits per heavy atom. The van der Waals surface area contributed by atoms with Crippen LogP contribution in [-0.4, -0.2) is 17.4 Å². The summed E-state index contributed by atoms with van der Waals surface area (Å²) in [6, 6.07) is 9.42. The van der Waals surface area contributed by atoms with Crippen LogP contribution < -0.4 is 5.48 Å². The van der Waals surface area contributed by atoms with Crippen molar-refractivity contribution in [2.45, 2.75) is 19.3 Å². The average Bonchev–Trinajstić information content (AvgIpc) is 3.21.